The molecule has 24 heavy (non-hydrogen) atoms. The molecule has 0 bridgehead atoms. The minimum atomic E-state index is -0.518. The van der Waals surface area contributed by atoms with Crippen molar-refractivity contribution in [3.63, 3.8) is 0 Å². The number of nitrogens with one attached hydrogen (secondary N) is 1. The van der Waals surface area contributed by atoms with Gasteiger partial charge in [-0.1, -0.05) is 0 Å². The molecule has 0 aliphatic heterocycles. The Balaban J connectivity index is 2.05. The molecule has 2 N–H and O–H groups in total. The van der Waals surface area contributed by atoms with Crippen molar-refractivity contribution >= 4 is 23.4 Å². The fraction of sp³-hybridized carbons (Fsp3) is 0.250. The summed E-state index contributed by atoms with van der Waals surface area (Å²) >= 11 is 0. The van der Waals surface area contributed by atoms with Gasteiger partial charge in [0.25, 0.3) is 5.69 Å². The first-order chi connectivity index (χ1) is 11.5. The number of hydrogen-bond acceptors (Lipinski definition) is 7. The first-order valence-corrected chi connectivity index (χ1v) is 7.52. The lowest BCUT2D eigenvalue weighted by atomic mass is 10.2. The number of hydrogen-bond donors (Lipinski definition) is 2. The predicted molar refractivity (Wildman–Crippen MR) is 93.8 cm³/mol. The molecule has 0 unspecified atom stereocenters. The molecule has 0 saturated heterocycles. The second-order valence-corrected chi connectivity index (χ2v) is 4.94. The molecule has 0 amide bonds. The summed E-state index contributed by atoms with van der Waals surface area (Å²) in [7, 11) is 0. The molecule has 2 aromatic rings. The van der Waals surface area contributed by atoms with E-state index in [0.29, 0.717) is 11.4 Å². The molecule has 0 atom stereocenters. The summed E-state index contributed by atoms with van der Waals surface area (Å²) in [6.07, 6.45) is 2.61. The number of nitrogens with zero attached hydrogens (tertiary/aromatic N) is 4. The topological polar surface area (TPSA) is 104 Å². The van der Waals surface area contributed by atoms with Crippen molar-refractivity contribution in [3.05, 3.63) is 52.2 Å². The zero-order chi connectivity index (χ0) is 17.5. The lowest BCUT2D eigenvalue weighted by molar-refractivity contribution is -0.385. The Hall–Kier alpha value is -3.16. The number of anilines is 2. The SMILES string of the molecule is CCN(CC)c1ccc(/C=N\Nc2ccc([N+](=O)[O-])cn2)c(O)c1. The van der Waals surface area contributed by atoms with Crippen molar-refractivity contribution in [1.29, 1.82) is 0 Å². The normalized spacial score (nSPS) is 10.8. The third-order valence-corrected chi connectivity index (χ3v) is 3.48. The molecule has 2 rings (SSSR count). The fourth-order valence-electron chi connectivity index (χ4n) is 2.15. The van der Waals surface area contributed by atoms with E-state index in [0.717, 1.165) is 25.0 Å². The van der Waals surface area contributed by atoms with Crippen molar-refractivity contribution in [1.82, 2.24) is 4.98 Å². The van der Waals surface area contributed by atoms with Gasteiger partial charge < -0.3 is 10.0 Å². The summed E-state index contributed by atoms with van der Waals surface area (Å²) in [6.45, 7) is 5.82. The number of nitro groups is 1. The Morgan fingerprint density at radius 3 is 2.62 bits per heavy atom. The average Bonchev–Trinajstić information content (AvgIpc) is 2.58. The largest absolute Gasteiger partial charge is 0.507 e. The zero-order valence-electron chi connectivity index (χ0n) is 13.5. The van der Waals surface area contributed by atoms with Gasteiger partial charge in [-0.2, -0.15) is 5.10 Å². The second kappa shape index (κ2) is 7.91. The van der Waals surface area contributed by atoms with Gasteiger partial charge in [0, 0.05) is 36.5 Å². The van der Waals surface area contributed by atoms with Crippen LogP contribution in [-0.2, 0) is 0 Å². The number of pyridine rings is 1. The van der Waals surface area contributed by atoms with E-state index in [2.05, 4.69) is 34.3 Å². The van der Waals surface area contributed by atoms with Crippen LogP contribution >= 0.6 is 0 Å². The van der Waals surface area contributed by atoms with Gasteiger partial charge in [-0.15, -0.1) is 0 Å². The van der Waals surface area contributed by atoms with Crippen LogP contribution in [0.4, 0.5) is 17.2 Å². The molecule has 1 heterocycles. The van der Waals surface area contributed by atoms with Gasteiger partial charge in [-0.05, 0) is 32.0 Å². The van der Waals surface area contributed by atoms with Crippen LogP contribution in [0.5, 0.6) is 5.75 Å². The highest BCUT2D eigenvalue weighted by atomic mass is 16.6. The number of phenols is 1. The maximum absolute atomic E-state index is 10.6. The molecular weight excluding hydrogens is 310 g/mol. The number of rotatable bonds is 7. The summed E-state index contributed by atoms with van der Waals surface area (Å²) in [5, 5.41) is 24.6. The molecule has 0 aliphatic carbocycles. The van der Waals surface area contributed by atoms with Gasteiger partial charge in [0.15, 0.2) is 0 Å². The average molecular weight is 329 g/mol. The first-order valence-electron chi connectivity index (χ1n) is 7.52. The van der Waals surface area contributed by atoms with Crippen LogP contribution in [0.3, 0.4) is 0 Å². The Morgan fingerprint density at radius 1 is 1.33 bits per heavy atom. The maximum atomic E-state index is 10.6. The molecule has 1 aromatic carbocycles. The molecule has 1 aromatic heterocycles. The van der Waals surface area contributed by atoms with Gasteiger partial charge in [0.05, 0.1) is 11.1 Å². The third-order valence-electron chi connectivity index (χ3n) is 3.48. The Morgan fingerprint density at radius 2 is 2.08 bits per heavy atom. The number of hydrazone groups is 1. The number of phenolic OH excluding ortho intramolecular Hbond substituents is 1. The molecular formula is C16H19N5O3. The Bertz CT molecular complexity index is 727. The second-order valence-electron chi connectivity index (χ2n) is 4.94. The third kappa shape index (κ3) is 4.19. The van der Waals surface area contributed by atoms with Crippen LogP contribution in [-0.4, -0.2) is 34.3 Å². The monoisotopic (exact) mass is 329 g/mol. The van der Waals surface area contributed by atoms with E-state index >= 15 is 0 Å². The van der Waals surface area contributed by atoms with E-state index < -0.39 is 4.92 Å². The van der Waals surface area contributed by atoms with E-state index in [4.69, 9.17) is 0 Å². The molecule has 0 radical (unpaired) electrons. The lowest BCUT2D eigenvalue weighted by Crippen LogP contribution is -2.21. The highest BCUT2D eigenvalue weighted by molar-refractivity contribution is 5.84. The van der Waals surface area contributed by atoms with Crippen molar-refractivity contribution < 1.29 is 10.0 Å². The number of aromatic nitrogens is 1. The fourth-order valence-corrected chi connectivity index (χ4v) is 2.15. The Labute approximate surface area is 139 Å². The summed E-state index contributed by atoms with van der Waals surface area (Å²) < 4.78 is 0. The van der Waals surface area contributed by atoms with Crippen LogP contribution in [0.25, 0.3) is 0 Å². The highest BCUT2D eigenvalue weighted by Gasteiger charge is 2.06. The molecule has 8 nitrogen and oxygen atoms in total. The van der Waals surface area contributed by atoms with Crippen LogP contribution in [0.1, 0.15) is 19.4 Å². The first kappa shape index (κ1) is 17.2. The van der Waals surface area contributed by atoms with E-state index in [1.807, 2.05) is 6.07 Å². The minimum Gasteiger partial charge on any atom is -0.507 e. The molecule has 0 aliphatic rings. The van der Waals surface area contributed by atoms with Gasteiger partial charge in [0.1, 0.15) is 17.8 Å². The predicted octanol–water partition coefficient (Wildman–Crippen LogP) is 2.99. The van der Waals surface area contributed by atoms with Crippen molar-refractivity contribution in [2.24, 2.45) is 5.10 Å². The standard InChI is InChI=1S/C16H19N5O3/c1-3-20(4-2)13-6-5-12(15(22)9-13)10-18-19-16-8-7-14(11-17-16)21(23)24/h5-11,22H,3-4H2,1-2H3,(H,17,19)/b18-10-. The van der Waals surface area contributed by atoms with Gasteiger partial charge in [-0.25, -0.2) is 4.98 Å². The molecule has 0 fully saturated rings. The van der Waals surface area contributed by atoms with Crippen molar-refractivity contribution in [2.75, 3.05) is 23.4 Å². The maximum Gasteiger partial charge on any atom is 0.287 e. The summed E-state index contributed by atoms with van der Waals surface area (Å²) in [5.41, 5.74) is 4.07. The molecule has 8 heteroatoms. The van der Waals surface area contributed by atoms with Gasteiger partial charge >= 0.3 is 0 Å². The molecule has 0 spiro atoms. The summed E-state index contributed by atoms with van der Waals surface area (Å²) in [4.78, 5) is 16.0. The van der Waals surface area contributed by atoms with Crippen LogP contribution in [0.2, 0.25) is 0 Å². The number of aromatic hydroxyl groups is 1. The van der Waals surface area contributed by atoms with Crippen molar-refractivity contribution in [2.45, 2.75) is 13.8 Å². The van der Waals surface area contributed by atoms with Gasteiger partial charge in [0.2, 0.25) is 0 Å². The minimum absolute atomic E-state index is 0.0887. The summed E-state index contributed by atoms with van der Waals surface area (Å²) in [5.74, 6) is 0.498. The van der Waals surface area contributed by atoms with Crippen molar-refractivity contribution in [3.8, 4) is 5.75 Å². The van der Waals surface area contributed by atoms with E-state index in [9.17, 15) is 15.2 Å². The van der Waals surface area contributed by atoms with E-state index in [-0.39, 0.29) is 11.4 Å². The van der Waals surface area contributed by atoms with Crippen LogP contribution < -0.4 is 10.3 Å². The molecule has 126 valence electrons. The number of benzene rings is 1. The van der Waals surface area contributed by atoms with Crippen LogP contribution in [0.15, 0.2) is 41.6 Å². The lowest BCUT2D eigenvalue weighted by Gasteiger charge is -2.21. The van der Waals surface area contributed by atoms with Crippen LogP contribution in [0, 0.1) is 10.1 Å². The van der Waals surface area contributed by atoms with Gasteiger partial charge in [-0.3, -0.25) is 15.5 Å². The summed E-state index contributed by atoms with van der Waals surface area (Å²) in [6, 6.07) is 8.17. The highest BCUT2D eigenvalue weighted by Crippen LogP contribution is 2.23. The van der Waals surface area contributed by atoms with E-state index in [1.54, 1.807) is 12.1 Å². The molecule has 0 saturated carbocycles. The zero-order valence-corrected chi connectivity index (χ0v) is 13.5. The smallest absolute Gasteiger partial charge is 0.287 e. The Kier molecular flexibility index (Phi) is 5.67. The van der Waals surface area contributed by atoms with E-state index in [1.165, 1.54) is 18.3 Å². The quantitative estimate of drug-likeness (QED) is 0.460.